The maximum atomic E-state index is 14.0. The Balaban J connectivity index is 0.000000868. The van der Waals surface area contributed by atoms with Crippen LogP contribution in [0.4, 0.5) is 31.5 Å². The molecule has 0 saturated carbocycles. The quantitative estimate of drug-likeness (QED) is 0.416. The number of nitrogens with zero attached hydrogens (tertiary/aromatic N) is 3. The van der Waals surface area contributed by atoms with Crippen LogP contribution in [0.1, 0.15) is 17.3 Å². The van der Waals surface area contributed by atoms with E-state index in [0.29, 0.717) is 12.2 Å². The minimum absolute atomic E-state index is 0.0825. The zero-order valence-electron chi connectivity index (χ0n) is 18.9. The summed E-state index contributed by atoms with van der Waals surface area (Å²) in [6.45, 7) is 2.56. The molecule has 1 atom stereocenters. The second-order valence-electron chi connectivity index (χ2n) is 7.99. The highest BCUT2D eigenvalue weighted by atomic mass is 19.2. The molecular weight excluding hydrogens is 442 g/mol. The highest BCUT2D eigenvalue weighted by Crippen LogP contribution is 2.45. The Morgan fingerprint density at radius 1 is 1.03 bits per heavy atom. The molecule has 0 amide bonds. The fourth-order valence-electron chi connectivity index (χ4n) is 4.12. The predicted molar refractivity (Wildman–Crippen MR) is 127 cm³/mol. The summed E-state index contributed by atoms with van der Waals surface area (Å²) in [5, 5.41) is 17.2. The normalized spacial score (nSPS) is 15.0. The molecule has 0 aliphatic carbocycles. The summed E-state index contributed by atoms with van der Waals surface area (Å²) in [6.07, 6.45) is 1.71. The zero-order valence-corrected chi connectivity index (χ0v) is 18.9. The number of carboxylic acids is 1. The molecular formula is C25H24F2N4O3. The summed E-state index contributed by atoms with van der Waals surface area (Å²) in [4.78, 5) is 15.3. The molecule has 1 unspecified atom stereocenters. The SMILES string of the molecule is CC1CN(c2ccc(C(=O)O)cc2)c2cc3[nH]ncc3cc2N1c1ccc(F)c(F)c1.COC. The topological polar surface area (TPSA) is 81.7 Å². The number of anilines is 4. The number of nitrogens with one attached hydrogen (secondary N) is 1. The minimum Gasteiger partial charge on any atom is -0.478 e. The molecule has 34 heavy (non-hydrogen) atoms. The number of H-pyrrole nitrogens is 1. The fraction of sp³-hybridized carbons (Fsp3) is 0.200. The first-order valence-electron chi connectivity index (χ1n) is 10.6. The number of hydrogen-bond acceptors (Lipinski definition) is 5. The number of aromatic nitrogens is 2. The first-order chi connectivity index (χ1) is 16.3. The number of benzene rings is 3. The van der Waals surface area contributed by atoms with E-state index in [9.17, 15) is 18.7 Å². The molecule has 2 heterocycles. The van der Waals surface area contributed by atoms with Crippen molar-refractivity contribution in [2.24, 2.45) is 0 Å². The van der Waals surface area contributed by atoms with Gasteiger partial charge in [-0.15, -0.1) is 0 Å². The van der Waals surface area contributed by atoms with E-state index in [2.05, 4.69) is 19.8 Å². The summed E-state index contributed by atoms with van der Waals surface area (Å²) >= 11 is 0. The van der Waals surface area contributed by atoms with E-state index in [1.807, 2.05) is 24.0 Å². The van der Waals surface area contributed by atoms with Gasteiger partial charge in [0, 0.05) is 49.6 Å². The molecule has 0 fully saturated rings. The van der Waals surface area contributed by atoms with Gasteiger partial charge in [0.15, 0.2) is 11.6 Å². The van der Waals surface area contributed by atoms with Crippen molar-refractivity contribution >= 4 is 39.6 Å². The van der Waals surface area contributed by atoms with E-state index in [-0.39, 0.29) is 11.6 Å². The molecule has 5 rings (SSSR count). The van der Waals surface area contributed by atoms with Crippen LogP contribution in [0.5, 0.6) is 0 Å². The first kappa shape index (κ1) is 23.2. The van der Waals surface area contributed by atoms with E-state index in [4.69, 9.17) is 0 Å². The molecule has 0 saturated heterocycles. The van der Waals surface area contributed by atoms with Crippen molar-refractivity contribution in [2.75, 3.05) is 30.6 Å². The van der Waals surface area contributed by atoms with E-state index in [1.54, 1.807) is 50.7 Å². The van der Waals surface area contributed by atoms with E-state index in [1.165, 1.54) is 6.07 Å². The van der Waals surface area contributed by atoms with Gasteiger partial charge in [-0.05, 0) is 55.5 Å². The Hall–Kier alpha value is -3.98. The van der Waals surface area contributed by atoms with Crippen LogP contribution in [0.15, 0.2) is 60.8 Å². The van der Waals surface area contributed by atoms with Crippen LogP contribution in [-0.2, 0) is 4.74 Å². The van der Waals surface area contributed by atoms with Gasteiger partial charge < -0.3 is 19.6 Å². The van der Waals surface area contributed by atoms with Crippen molar-refractivity contribution in [3.8, 4) is 0 Å². The van der Waals surface area contributed by atoms with Crippen LogP contribution in [0.2, 0.25) is 0 Å². The zero-order chi connectivity index (χ0) is 24.4. The smallest absolute Gasteiger partial charge is 0.335 e. The fourth-order valence-corrected chi connectivity index (χ4v) is 4.12. The number of fused-ring (bicyclic) bond motifs is 2. The summed E-state index contributed by atoms with van der Waals surface area (Å²) in [5.74, 6) is -2.77. The lowest BCUT2D eigenvalue weighted by molar-refractivity contribution is 0.0697. The highest BCUT2D eigenvalue weighted by Gasteiger charge is 2.31. The van der Waals surface area contributed by atoms with Crippen LogP contribution >= 0.6 is 0 Å². The van der Waals surface area contributed by atoms with Gasteiger partial charge in [0.2, 0.25) is 0 Å². The van der Waals surface area contributed by atoms with Gasteiger partial charge in [0.1, 0.15) is 0 Å². The second-order valence-corrected chi connectivity index (χ2v) is 7.99. The molecule has 3 aromatic carbocycles. The summed E-state index contributed by atoms with van der Waals surface area (Å²) in [5.41, 5.74) is 4.11. The highest BCUT2D eigenvalue weighted by molar-refractivity contribution is 5.95. The second kappa shape index (κ2) is 9.48. The third-order valence-corrected chi connectivity index (χ3v) is 5.58. The lowest BCUT2D eigenvalue weighted by Crippen LogP contribution is -2.43. The van der Waals surface area contributed by atoms with Crippen LogP contribution in [0.25, 0.3) is 10.9 Å². The Bertz CT molecular complexity index is 1320. The van der Waals surface area contributed by atoms with Crippen molar-refractivity contribution in [3.63, 3.8) is 0 Å². The molecule has 0 spiro atoms. The number of halogens is 2. The van der Waals surface area contributed by atoms with Gasteiger partial charge in [-0.25, -0.2) is 13.6 Å². The number of carboxylic acid groups (broad SMARTS) is 1. The minimum atomic E-state index is -0.984. The number of aromatic carboxylic acids is 1. The van der Waals surface area contributed by atoms with Crippen LogP contribution in [-0.4, -0.2) is 48.1 Å². The van der Waals surface area contributed by atoms with Gasteiger partial charge in [0.05, 0.1) is 28.7 Å². The molecule has 0 radical (unpaired) electrons. The number of aromatic amines is 1. The van der Waals surface area contributed by atoms with Crippen LogP contribution < -0.4 is 9.80 Å². The van der Waals surface area contributed by atoms with Crippen molar-refractivity contribution in [1.82, 2.24) is 10.2 Å². The van der Waals surface area contributed by atoms with Crippen LogP contribution in [0.3, 0.4) is 0 Å². The average Bonchev–Trinajstić information content (AvgIpc) is 3.27. The average molecular weight is 466 g/mol. The lowest BCUT2D eigenvalue weighted by atomic mass is 10.0. The Kier molecular flexibility index (Phi) is 6.47. The molecule has 1 aliphatic rings. The molecule has 7 nitrogen and oxygen atoms in total. The summed E-state index contributed by atoms with van der Waals surface area (Å²) in [7, 11) is 3.25. The molecule has 1 aromatic heterocycles. The van der Waals surface area contributed by atoms with Crippen molar-refractivity contribution in [2.45, 2.75) is 13.0 Å². The Morgan fingerprint density at radius 2 is 1.71 bits per heavy atom. The van der Waals surface area contributed by atoms with Gasteiger partial charge in [-0.3, -0.25) is 5.10 Å². The standard InChI is InChI=1S/C23H18F2N4O2.C2H6O/c1-13-12-28(16-4-2-14(3-5-16)23(30)31)21-10-20-15(11-26-27-20)8-22(21)29(13)17-6-7-18(24)19(25)9-17;1-3-2/h2-11,13H,12H2,1H3,(H,26,27)(H,30,31);1-2H3. The molecule has 9 heteroatoms. The predicted octanol–water partition coefficient (Wildman–Crippen LogP) is 5.48. The van der Waals surface area contributed by atoms with Gasteiger partial charge >= 0.3 is 5.97 Å². The lowest BCUT2D eigenvalue weighted by Gasteiger charge is -2.43. The first-order valence-corrected chi connectivity index (χ1v) is 10.6. The third kappa shape index (κ3) is 4.29. The van der Waals surface area contributed by atoms with Crippen LogP contribution in [0, 0.1) is 11.6 Å². The van der Waals surface area contributed by atoms with Gasteiger partial charge in [-0.1, -0.05) is 0 Å². The molecule has 2 N–H and O–H groups in total. The molecule has 4 aromatic rings. The largest absolute Gasteiger partial charge is 0.478 e. The van der Waals surface area contributed by atoms with Crippen molar-refractivity contribution in [3.05, 3.63) is 78.0 Å². The Morgan fingerprint density at radius 3 is 2.35 bits per heavy atom. The molecule has 176 valence electrons. The Labute approximate surface area is 195 Å². The monoisotopic (exact) mass is 466 g/mol. The maximum Gasteiger partial charge on any atom is 0.335 e. The number of ether oxygens (including phenoxy) is 1. The number of rotatable bonds is 3. The maximum absolute atomic E-state index is 14.0. The molecule has 1 aliphatic heterocycles. The summed E-state index contributed by atoms with van der Waals surface area (Å²) < 4.78 is 31.8. The number of carbonyl (C=O) groups is 1. The summed E-state index contributed by atoms with van der Waals surface area (Å²) in [6, 6.07) is 14.4. The third-order valence-electron chi connectivity index (χ3n) is 5.58. The molecule has 0 bridgehead atoms. The van der Waals surface area contributed by atoms with E-state index in [0.717, 1.165) is 34.0 Å². The van der Waals surface area contributed by atoms with E-state index >= 15 is 0 Å². The van der Waals surface area contributed by atoms with Gasteiger partial charge in [-0.2, -0.15) is 5.10 Å². The number of methoxy groups -OCH3 is 1. The number of hydrogen-bond donors (Lipinski definition) is 2. The van der Waals surface area contributed by atoms with E-state index < -0.39 is 17.6 Å². The van der Waals surface area contributed by atoms with Crippen molar-refractivity contribution in [1.29, 1.82) is 0 Å². The van der Waals surface area contributed by atoms with Crippen molar-refractivity contribution < 1.29 is 23.4 Å². The van der Waals surface area contributed by atoms with Gasteiger partial charge in [0.25, 0.3) is 0 Å².